The van der Waals surface area contributed by atoms with Gasteiger partial charge in [0.1, 0.15) is 11.6 Å². The Morgan fingerprint density at radius 1 is 1.12 bits per heavy atom. The molecule has 0 bridgehead atoms. The molecule has 168 valence electrons. The van der Waals surface area contributed by atoms with Crippen molar-refractivity contribution in [1.82, 2.24) is 29.7 Å². The van der Waals surface area contributed by atoms with Crippen molar-refractivity contribution in [3.63, 3.8) is 0 Å². The van der Waals surface area contributed by atoms with Gasteiger partial charge in [-0.3, -0.25) is 4.79 Å². The Hall–Kier alpha value is -3.99. The molecule has 1 N–H and O–H groups in total. The summed E-state index contributed by atoms with van der Waals surface area (Å²) in [5.74, 6) is 0.00587. The number of aromatic nitrogens is 5. The predicted octanol–water partition coefficient (Wildman–Crippen LogP) is 3.31. The van der Waals surface area contributed by atoms with Crippen molar-refractivity contribution in [2.45, 2.75) is 47.0 Å². The number of amides is 1. The summed E-state index contributed by atoms with van der Waals surface area (Å²) in [4.78, 5) is 16.9. The SMILES string of the molecule is Cc1cc(C)n(-c2ccc(CCNC(=O)CCc3c(C)nc4c(C#N)cnn4c3C)cc2)n1. The topological polar surface area (TPSA) is 101 Å². The molecule has 0 radical (unpaired) electrons. The molecule has 0 atom stereocenters. The summed E-state index contributed by atoms with van der Waals surface area (Å²) >= 11 is 0. The molecular formula is C25H27N7O. The van der Waals surface area contributed by atoms with Crippen LogP contribution in [0.5, 0.6) is 0 Å². The van der Waals surface area contributed by atoms with Gasteiger partial charge in [0, 0.05) is 30.0 Å². The van der Waals surface area contributed by atoms with Gasteiger partial charge in [-0.25, -0.2) is 14.2 Å². The summed E-state index contributed by atoms with van der Waals surface area (Å²) < 4.78 is 3.61. The number of hydrogen-bond donors (Lipinski definition) is 1. The first-order chi connectivity index (χ1) is 15.9. The standard InChI is InChI=1S/C25H27N7O/c1-16-13-17(2)31(30-16)22-7-5-20(6-8-22)11-12-27-24(33)10-9-23-18(3)29-25-21(14-26)15-28-32(25)19(23)4/h5-8,13,15H,9-12H2,1-4H3,(H,27,33). The van der Waals surface area contributed by atoms with Gasteiger partial charge < -0.3 is 5.32 Å². The summed E-state index contributed by atoms with van der Waals surface area (Å²) in [6, 6.07) is 12.4. The third-order valence-corrected chi connectivity index (χ3v) is 5.86. The predicted molar refractivity (Wildman–Crippen MR) is 125 cm³/mol. The Bertz CT molecular complexity index is 1360. The lowest BCUT2D eigenvalue weighted by molar-refractivity contribution is -0.121. The van der Waals surface area contributed by atoms with Crippen molar-refractivity contribution >= 4 is 11.6 Å². The number of benzene rings is 1. The Morgan fingerprint density at radius 3 is 2.55 bits per heavy atom. The molecule has 1 amide bonds. The summed E-state index contributed by atoms with van der Waals surface area (Å²) in [5, 5.41) is 21.0. The van der Waals surface area contributed by atoms with Crippen molar-refractivity contribution < 1.29 is 4.79 Å². The van der Waals surface area contributed by atoms with Crippen LogP contribution < -0.4 is 5.32 Å². The number of hydrogen-bond acceptors (Lipinski definition) is 5. The number of nitriles is 1. The quantitative estimate of drug-likeness (QED) is 0.474. The molecule has 1 aromatic carbocycles. The second-order valence-corrected chi connectivity index (χ2v) is 8.27. The minimum atomic E-state index is 0.00587. The second kappa shape index (κ2) is 9.25. The molecule has 0 aliphatic carbocycles. The smallest absolute Gasteiger partial charge is 0.220 e. The van der Waals surface area contributed by atoms with Gasteiger partial charge in [-0.2, -0.15) is 15.5 Å². The maximum absolute atomic E-state index is 12.4. The third kappa shape index (κ3) is 4.62. The van der Waals surface area contributed by atoms with Crippen molar-refractivity contribution in [1.29, 1.82) is 5.26 Å². The first kappa shape index (κ1) is 22.2. The van der Waals surface area contributed by atoms with Gasteiger partial charge in [0.2, 0.25) is 5.91 Å². The van der Waals surface area contributed by atoms with Gasteiger partial charge in [-0.15, -0.1) is 0 Å². The van der Waals surface area contributed by atoms with Crippen LogP contribution in [0.1, 0.15) is 45.9 Å². The van der Waals surface area contributed by atoms with E-state index in [0.29, 0.717) is 30.6 Å². The van der Waals surface area contributed by atoms with E-state index in [-0.39, 0.29) is 5.91 Å². The van der Waals surface area contributed by atoms with Crippen LogP contribution in [-0.4, -0.2) is 36.8 Å². The number of nitrogens with zero attached hydrogens (tertiary/aromatic N) is 6. The average Bonchev–Trinajstić information content (AvgIpc) is 3.36. The lowest BCUT2D eigenvalue weighted by Crippen LogP contribution is -2.26. The second-order valence-electron chi connectivity index (χ2n) is 8.27. The van der Waals surface area contributed by atoms with E-state index in [1.165, 1.54) is 6.20 Å². The van der Waals surface area contributed by atoms with E-state index < -0.39 is 0 Å². The number of fused-ring (bicyclic) bond motifs is 1. The van der Waals surface area contributed by atoms with Crippen LogP contribution in [0.15, 0.2) is 36.5 Å². The number of carbonyl (C=O) groups is 1. The van der Waals surface area contributed by atoms with Crippen molar-refractivity contribution in [3.05, 3.63) is 76.0 Å². The highest BCUT2D eigenvalue weighted by molar-refractivity contribution is 5.76. The molecule has 4 aromatic rings. The molecule has 0 fully saturated rings. The molecule has 4 rings (SSSR count). The van der Waals surface area contributed by atoms with E-state index in [1.54, 1.807) is 4.52 Å². The monoisotopic (exact) mass is 441 g/mol. The summed E-state index contributed by atoms with van der Waals surface area (Å²) in [5.41, 5.74) is 8.03. The van der Waals surface area contributed by atoms with Crippen molar-refractivity contribution in [2.75, 3.05) is 6.54 Å². The molecule has 0 aliphatic heterocycles. The fourth-order valence-corrected chi connectivity index (χ4v) is 4.12. The van der Waals surface area contributed by atoms with Crippen LogP contribution in [0.3, 0.4) is 0 Å². The Labute approximate surface area is 192 Å². The molecule has 0 saturated heterocycles. The normalized spacial score (nSPS) is 11.0. The molecule has 8 nitrogen and oxygen atoms in total. The maximum Gasteiger partial charge on any atom is 0.220 e. The zero-order valence-electron chi connectivity index (χ0n) is 19.4. The highest BCUT2D eigenvalue weighted by Gasteiger charge is 2.14. The minimum Gasteiger partial charge on any atom is -0.356 e. The highest BCUT2D eigenvalue weighted by Crippen LogP contribution is 2.18. The number of carbonyl (C=O) groups excluding carboxylic acids is 1. The Morgan fingerprint density at radius 2 is 1.88 bits per heavy atom. The van der Waals surface area contributed by atoms with Gasteiger partial charge in [0.05, 0.1) is 17.6 Å². The maximum atomic E-state index is 12.4. The fourth-order valence-electron chi connectivity index (χ4n) is 4.12. The van der Waals surface area contributed by atoms with E-state index in [4.69, 9.17) is 0 Å². The number of nitrogens with one attached hydrogen (secondary N) is 1. The van der Waals surface area contributed by atoms with Gasteiger partial charge in [-0.05, 0) is 69.9 Å². The van der Waals surface area contributed by atoms with Crippen molar-refractivity contribution in [3.8, 4) is 11.8 Å². The van der Waals surface area contributed by atoms with Crippen LogP contribution in [0.2, 0.25) is 0 Å². The molecule has 3 aromatic heterocycles. The molecule has 0 spiro atoms. The van der Waals surface area contributed by atoms with Crippen molar-refractivity contribution in [2.24, 2.45) is 0 Å². The summed E-state index contributed by atoms with van der Waals surface area (Å²) in [7, 11) is 0. The zero-order chi connectivity index (χ0) is 23.5. The summed E-state index contributed by atoms with van der Waals surface area (Å²) in [6.45, 7) is 8.46. The molecule has 8 heteroatoms. The van der Waals surface area contributed by atoms with E-state index in [2.05, 4.69) is 56.9 Å². The molecule has 0 aliphatic rings. The Kier molecular flexibility index (Phi) is 6.22. The number of aryl methyl sites for hydroxylation is 4. The van der Waals surface area contributed by atoms with Gasteiger partial charge in [0.15, 0.2) is 5.65 Å². The first-order valence-electron chi connectivity index (χ1n) is 11.0. The van der Waals surface area contributed by atoms with E-state index in [1.807, 2.05) is 32.4 Å². The molecule has 0 unspecified atom stereocenters. The lowest BCUT2D eigenvalue weighted by Gasteiger charge is -2.11. The van der Waals surface area contributed by atoms with Crippen LogP contribution in [0.25, 0.3) is 11.3 Å². The summed E-state index contributed by atoms with van der Waals surface area (Å²) in [6.07, 6.45) is 3.23. The van der Waals surface area contributed by atoms with Gasteiger partial charge >= 0.3 is 0 Å². The van der Waals surface area contributed by atoms with Crippen LogP contribution in [-0.2, 0) is 17.6 Å². The van der Waals surface area contributed by atoms with Gasteiger partial charge in [-0.1, -0.05) is 12.1 Å². The lowest BCUT2D eigenvalue weighted by atomic mass is 10.1. The molecule has 0 saturated carbocycles. The zero-order valence-corrected chi connectivity index (χ0v) is 19.4. The largest absolute Gasteiger partial charge is 0.356 e. The fraction of sp³-hybridized carbons (Fsp3) is 0.320. The van der Waals surface area contributed by atoms with E-state index in [9.17, 15) is 10.1 Å². The molecule has 33 heavy (non-hydrogen) atoms. The number of rotatable bonds is 7. The molecular weight excluding hydrogens is 414 g/mol. The third-order valence-electron chi connectivity index (χ3n) is 5.86. The highest BCUT2D eigenvalue weighted by atomic mass is 16.1. The molecule has 3 heterocycles. The minimum absolute atomic E-state index is 0.00587. The van der Waals surface area contributed by atoms with Crippen LogP contribution >= 0.6 is 0 Å². The van der Waals surface area contributed by atoms with E-state index >= 15 is 0 Å². The van der Waals surface area contributed by atoms with Crippen LogP contribution in [0, 0.1) is 39.0 Å². The van der Waals surface area contributed by atoms with E-state index in [0.717, 1.165) is 46.0 Å². The van der Waals surface area contributed by atoms with Crippen LogP contribution in [0.4, 0.5) is 0 Å². The first-order valence-corrected chi connectivity index (χ1v) is 11.0. The Balaban J connectivity index is 1.30. The average molecular weight is 442 g/mol. The van der Waals surface area contributed by atoms with Gasteiger partial charge in [0.25, 0.3) is 0 Å².